The number of aliphatic hydroxyl groups excluding tert-OH is 1. The van der Waals surface area contributed by atoms with Crippen molar-refractivity contribution in [3.05, 3.63) is 25.3 Å². The van der Waals surface area contributed by atoms with Crippen LogP contribution in [0.3, 0.4) is 0 Å². The highest BCUT2D eigenvalue weighted by atomic mass is 79.9. The van der Waals surface area contributed by atoms with Gasteiger partial charge in [0.25, 0.3) is 0 Å². The second-order valence-corrected chi connectivity index (χ2v) is 10.9. The zero-order valence-electron chi connectivity index (χ0n) is 20.9. The van der Waals surface area contributed by atoms with Gasteiger partial charge in [0, 0.05) is 17.9 Å². The predicted molar refractivity (Wildman–Crippen MR) is 136 cm³/mol. The first-order valence-electron chi connectivity index (χ1n) is 12.7. The third-order valence-corrected chi connectivity index (χ3v) is 8.41. The summed E-state index contributed by atoms with van der Waals surface area (Å²) in [6.45, 7) is 12.2. The fourth-order valence-corrected chi connectivity index (χ4v) is 6.88. The maximum absolute atomic E-state index is 14.1. The number of esters is 1. The van der Waals surface area contributed by atoms with E-state index in [9.17, 15) is 19.5 Å². The molecule has 8 nitrogen and oxygen atoms in total. The Hall–Kier alpha value is -1.71. The normalized spacial score (nSPS) is 31.8. The number of unbranched alkanes of at least 4 members (excludes halogenated alkanes) is 2. The Morgan fingerprint density at radius 2 is 2.09 bits per heavy atom. The first-order valence-corrected chi connectivity index (χ1v) is 13.7. The van der Waals surface area contributed by atoms with Crippen molar-refractivity contribution in [3.63, 3.8) is 0 Å². The van der Waals surface area contributed by atoms with E-state index in [-0.39, 0.29) is 29.9 Å². The number of alkyl halides is 1. The zero-order valence-corrected chi connectivity index (χ0v) is 22.5. The molecule has 0 aromatic carbocycles. The van der Waals surface area contributed by atoms with Gasteiger partial charge in [-0.05, 0) is 25.7 Å². The molecule has 0 aliphatic carbocycles. The number of carbonyl (C=O) groups excluding carboxylic acids is 3. The Labute approximate surface area is 216 Å². The van der Waals surface area contributed by atoms with Gasteiger partial charge in [-0.3, -0.25) is 14.4 Å². The molecule has 0 radical (unpaired) electrons. The lowest BCUT2D eigenvalue weighted by atomic mass is 9.70. The average molecular weight is 556 g/mol. The van der Waals surface area contributed by atoms with Gasteiger partial charge in [0.05, 0.1) is 37.2 Å². The first-order chi connectivity index (χ1) is 16.8. The molecule has 3 heterocycles. The third kappa shape index (κ3) is 4.96. The van der Waals surface area contributed by atoms with Crippen LogP contribution in [0.5, 0.6) is 0 Å². The smallest absolute Gasteiger partial charge is 0.312 e. The van der Waals surface area contributed by atoms with E-state index in [4.69, 9.17) is 9.47 Å². The van der Waals surface area contributed by atoms with Crippen LogP contribution < -0.4 is 0 Å². The van der Waals surface area contributed by atoms with Crippen molar-refractivity contribution in [2.45, 2.75) is 81.0 Å². The summed E-state index contributed by atoms with van der Waals surface area (Å²) in [7, 11) is 0. The van der Waals surface area contributed by atoms with E-state index >= 15 is 0 Å². The molecule has 1 N–H and O–H groups in total. The molecule has 7 atom stereocenters. The molecule has 3 saturated heterocycles. The van der Waals surface area contributed by atoms with E-state index < -0.39 is 41.6 Å². The number of hydrogen-bond donors (Lipinski definition) is 1. The van der Waals surface area contributed by atoms with Gasteiger partial charge in [-0.2, -0.15) is 0 Å². The number of rotatable bonds is 14. The minimum atomic E-state index is -1.15. The SMILES string of the molecule is C=CCCOC(=O)[C@H]1[C@@H]2OC3(CC2Br)C(C(=O)N(CC=C)CCCCC)N([C@@H](CC)CO)C(=O)[C@H]13. The standard InChI is InChI=1S/C26H39BrN2O6/c1-5-9-11-13-28(12-7-3)24(32)22-26-15-18(27)21(35-26)19(25(33)34-14-10-6-2)20(26)23(31)29(22)17(8-4)16-30/h6-7,17-22,30H,2-3,5,8-16H2,1,4H3/t17-,18?,19+,20-,21+,22?,26?/m0/s1. The number of amides is 2. The van der Waals surface area contributed by atoms with Crippen molar-refractivity contribution in [2.75, 3.05) is 26.3 Å². The molecule has 0 aromatic heterocycles. The van der Waals surface area contributed by atoms with Crippen LogP contribution in [0.1, 0.15) is 52.4 Å². The topological polar surface area (TPSA) is 96.4 Å². The molecule has 0 saturated carbocycles. The van der Waals surface area contributed by atoms with Crippen LogP contribution in [0.2, 0.25) is 0 Å². The highest BCUT2D eigenvalue weighted by Gasteiger charge is 2.77. The number of carbonyl (C=O) groups is 3. The molecule has 3 aliphatic heterocycles. The maximum Gasteiger partial charge on any atom is 0.312 e. The summed E-state index contributed by atoms with van der Waals surface area (Å²) in [6, 6.07) is -1.47. The zero-order chi connectivity index (χ0) is 25.8. The van der Waals surface area contributed by atoms with E-state index in [1.54, 1.807) is 17.1 Å². The number of fused-ring (bicyclic) bond motifs is 1. The maximum atomic E-state index is 14.1. The Balaban J connectivity index is 2.02. The molecule has 2 amide bonds. The Morgan fingerprint density at radius 3 is 2.69 bits per heavy atom. The van der Waals surface area contributed by atoms with E-state index in [2.05, 4.69) is 36.0 Å². The summed E-state index contributed by atoms with van der Waals surface area (Å²) < 4.78 is 12.0. The lowest BCUT2D eigenvalue weighted by molar-refractivity contribution is -0.156. The van der Waals surface area contributed by atoms with Crippen molar-refractivity contribution in [1.82, 2.24) is 9.80 Å². The second-order valence-electron chi connectivity index (χ2n) is 9.68. The van der Waals surface area contributed by atoms with Gasteiger partial charge in [-0.15, -0.1) is 13.2 Å². The lowest BCUT2D eigenvalue weighted by Gasteiger charge is -2.39. The molecule has 35 heavy (non-hydrogen) atoms. The van der Waals surface area contributed by atoms with Crippen molar-refractivity contribution in [3.8, 4) is 0 Å². The fourth-order valence-electron chi connectivity index (χ4n) is 5.94. The van der Waals surface area contributed by atoms with Gasteiger partial charge < -0.3 is 24.4 Å². The first kappa shape index (κ1) is 27.9. The van der Waals surface area contributed by atoms with Gasteiger partial charge in [0.15, 0.2) is 0 Å². The van der Waals surface area contributed by atoms with Crippen molar-refractivity contribution in [2.24, 2.45) is 11.8 Å². The molecular formula is C26H39BrN2O6. The monoisotopic (exact) mass is 554 g/mol. The molecular weight excluding hydrogens is 516 g/mol. The molecule has 3 aliphatic rings. The van der Waals surface area contributed by atoms with Gasteiger partial charge in [0.1, 0.15) is 11.6 Å². The van der Waals surface area contributed by atoms with Gasteiger partial charge >= 0.3 is 5.97 Å². The largest absolute Gasteiger partial charge is 0.465 e. The molecule has 3 unspecified atom stereocenters. The Bertz CT molecular complexity index is 818. The quantitative estimate of drug-likeness (QED) is 0.153. The van der Waals surface area contributed by atoms with Crippen molar-refractivity contribution < 1.29 is 29.0 Å². The molecule has 3 rings (SSSR count). The predicted octanol–water partition coefficient (Wildman–Crippen LogP) is 2.83. The average Bonchev–Trinajstić information content (AvgIpc) is 3.43. The van der Waals surface area contributed by atoms with E-state index in [0.717, 1.165) is 19.3 Å². The van der Waals surface area contributed by atoms with E-state index in [1.165, 1.54) is 4.90 Å². The van der Waals surface area contributed by atoms with Gasteiger partial charge in [-0.25, -0.2) is 0 Å². The summed E-state index contributed by atoms with van der Waals surface area (Å²) in [6.07, 6.45) is 7.04. The number of hydrogen-bond acceptors (Lipinski definition) is 6. The number of aliphatic hydroxyl groups is 1. The molecule has 3 fully saturated rings. The van der Waals surface area contributed by atoms with Crippen molar-refractivity contribution >= 4 is 33.7 Å². The number of nitrogens with zero attached hydrogens (tertiary/aromatic N) is 2. The fraction of sp³-hybridized carbons (Fsp3) is 0.731. The van der Waals surface area contributed by atoms with E-state index in [0.29, 0.717) is 32.4 Å². The lowest BCUT2D eigenvalue weighted by Crippen LogP contribution is -2.59. The molecule has 196 valence electrons. The second kappa shape index (κ2) is 12.0. The van der Waals surface area contributed by atoms with Crippen LogP contribution in [-0.2, 0) is 23.9 Å². The van der Waals surface area contributed by atoms with Crippen molar-refractivity contribution in [1.29, 1.82) is 0 Å². The Kier molecular flexibility index (Phi) is 9.57. The molecule has 9 heteroatoms. The number of ether oxygens (including phenoxy) is 2. The van der Waals surface area contributed by atoms with Gasteiger partial charge in [-0.1, -0.05) is 54.8 Å². The highest BCUT2D eigenvalue weighted by Crippen LogP contribution is 2.60. The van der Waals surface area contributed by atoms with Crippen LogP contribution in [0.4, 0.5) is 0 Å². The minimum absolute atomic E-state index is 0.178. The van der Waals surface area contributed by atoms with Gasteiger partial charge in [0.2, 0.25) is 11.8 Å². The summed E-state index contributed by atoms with van der Waals surface area (Å²) in [5.41, 5.74) is -1.15. The highest BCUT2D eigenvalue weighted by molar-refractivity contribution is 9.09. The van der Waals surface area contributed by atoms with Crippen LogP contribution >= 0.6 is 15.9 Å². The Morgan fingerprint density at radius 1 is 1.34 bits per heavy atom. The van der Waals surface area contributed by atoms with E-state index in [1.807, 2.05) is 6.92 Å². The molecule has 0 aromatic rings. The summed E-state index contributed by atoms with van der Waals surface area (Å²) in [5, 5.41) is 10.1. The van der Waals surface area contributed by atoms with Crippen LogP contribution in [0.15, 0.2) is 25.3 Å². The van der Waals surface area contributed by atoms with Crippen LogP contribution in [0.25, 0.3) is 0 Å². The third-order valence-electron chi connectivity index (χ3n) is 7.57. The number of halogens is 1. The number of likely N-dealkylation sites (tertiary alicyclic amines) is 1. The summed E-state index contributed by atoms with van der Waals surface area (Å²) in [5.74, 6) is -2.66. The van der Waals surface area contributed by atoms with Crippen LogP contribution in [0, 0.1) is 11.8 Å². The van der Waals surface area contributed by atoms with Crippen LogP contribution in [-0.4, -0.2) is 87.6 Å². The summed E-state index contributed by atoms with van der Waals surface area (Å²) >= 11 is 3.65. The minimum Gasteiger partial charge on any atom is -0.465 e. The summed E-state index contributed by atoms with van der Waals surface area (Å²) in [4.78, 5) is 44.3. The molecule has 2 bridgehead atoms. The molecule has 1 spiro atoms.